The van der Waals surface area contributed by atoms with Crippen LogP contribution in [0.2, 0.25) is 11.6 Å². The molecule has 0 atom stereocenters. The van der Waals surface area contributed by atoms with E-state index in [4.69, 9.17) is 21.8 Å². The van der Waals surface area contributed by atoms with Crippen LogP contribution in [0.25, 0.3) is 0 Å². The average molecular weight is 325 g/mol. The lowest BCUT2D eigenvalue weighted by atomic mass is 10.3. The van der Waals surface area contributed by atoms with Crippen LogP contribution in [0.5, 0.6) is 0 Å². The molecule has 0 spiro atoms. The number of rotatable bonds is 10. The molecule has 20 heavy (non-hydrogen) atoms. The predicted octanol–water partition coefficient (Wildman–Crippen LogP) is 3.46. The average Bonchev–Trinajstić information content (AvgIpc) is 2.28. The van der Waals surface area contributed by atoms with Gasteiger partial charge in [0.15, 0.2) is 0 Å². The van der Waals surface area contributed by atoms with Crippen molar-refractivity contribution in [1.29, 1.82) is 0 Å². The van der Waals surface area contributed by atoms with E-state index in [1.165, 1.54) is 0 Å². The van der Waals surface area contributed by atoms with Gasteiger partial charge in [-0.1, -0.05) is 20.8 Å². The van der Waals surface area contributed by atoms with Gasteiger partial charge in [-0.25, -0.2) is 0 Å². The second-order valence-electron chi connectivity index (χ2n) is 5.50. The summed E-state index contributed by atoms with van der Waals surface area (Å²) < 4.78 is 29.9. The SMILES string of the molecule is CCO[Si](C)(OCC)O[Si](OCC)(OCC)C(C)(C)C. The Balaban J connectivity index is 5.38. The zero-order chi connectivity index (χ0) is 15.9. The van der Waals surface area contributed by atoms with Crippen molar-refractivity contribution >= 4 is 17.6 Å². The van der Waals surface area contributed by atoms with E-state index >= 15 is 0 Å². The summed E-state index contributed by atoms with van der Waals surface area (Å²) in [5.41, 5.74) is 0. The highest BCUT2D eigenvalue weighted by atomic mass is 28.5. The molecule has 0 aromatic rings. The Bertz CT molecular complexity index is 256. The van der Waals surface area contributed by atoms with Crippen molar-refractivity contribution in [3.05, 3.63) is 0 Å². The zero-order valence-electron chi connectivity index (χ0n) is 14.4. The summed E-state index contributed by atoms with van der Waals surface area (Å²) in [6.45, 7) is 18.1. The van der Waals surface area contributed by atoms with E-state index in [1.54, 1.807) is 0 Å². The van der Waals surface area contributed by atoms with Crippen LogP contribution in [0.1, 0.15) is 48.5 Å². The van der Waals surface area contributed by atoms with Crippen molar-refractivity contribution in [1.82, 2.24) is 0 Å². The lowest BCUT2D eigenvalue weighted by molar-refractivity contribution is 0.0399. The van der Waals surface area contributed by atoms with Gasteiger partial charge in [-0.15, -0.1) is 0 Å². The first kappa shape index (κ1) is 20.2. The fourth-order valence-electron chi connectivity index (χ4n) is 1.94. The highest BCUT2D eigenvalue weighted by Crippen LogP contribution is 2.40. The van der Waals surface area contributed by atoms with Crippen molar-refractivity contribution in [3.63, 3.8) is 0 Å². The monoisotopic (exact) mass is 324 g/mol. The number of hydrogen-bond acceptors (Lipinski definition) is 5. The Labute approximate surface area is 126 Å². The van der Waals surface area contributed by atoms with E-state index in [-0.39, 0.29) is 5.04 Å². The topological polar surface area (TPSA) is 46.2 Å². The second-order valence-corrected chi connectivity index (χ2v) is 11.8. The van der Waals surface area contributed by atoms with Crippen LogP contribution in [0.15, 0.2) is 0 Å². The molecule has 0 bridgehead atoms. The molecule has 0 aromatic heterocycles. The molecule has 0 unspecified atom stereocenters. The van der Waals surface area contributed by atoms with Crippen LogP contribution in [0, 0.1) is 0 Å². The van der Waals surface area contributed by atoms with Crippen LogP contribution >= 0.6 is 0 Å². The minimum absolute atomic E-state index is 0.235. The van der Waals surface area contributed by atoms with Gasteiger partial charge in [0.05, 0.1) is 0 Å². The third kappa shape index (κ3) is 5.55. The van der Waals surface area contributed by atoms with Crippen molar-refractivity contribution in [2.24, 2.45) is 0 Å². The molecule has 0 aliphatic carbocycles. The summed E-state index contributed by atoms with van der Waals surface area (Å²) in [6.07, 6.45) is 0. The summed E-state index contributed by atoms with van der Waals surface area (Å²) in [4.78, 5) is 0. The first-order chi connectivity index (χ1) is 9.20. The molecule has 0 N–H and O–H groups in total. The Morgan fingerprint density at radius 3 is 1.30 bits per heavy atom. The van der Waals surface area contributed by atoms with Gasteiger partial charge >= 0.3 is 17.6 Å². The Morgan fingerprint density at radius 1 is 0.700 bits per heavy atom. The molecule has 0 radical (unpaired) electrons. The number of hydrogen-bond donors (Lipinski definition) is 0. The van der Waals surface area contributed by atoms with E-state index in [2.05, 4.69) is 20.8 Å². The molecule has 0 aromatic carbocycles. The maximum absolute atomic E-state index is 6.34. The highest BCUT2D eigenvalue weighted by molar-refractivity contribution is 6.76. The normalized spacial score (nSPS) is 13.8. The first-order valence-electron chi connectivity index (χ1n) is 7.46. The Kier molecular flexibility index (Phi) is 8.72. The van der Waals surface area contributed by atoms with Gasteiger partial charge in [0.2, 0.25) is 0 Å². The molecule has 0 saturated carbocycles. The summed E-state index contributed by atoms with van der Waals surface area (Å²) >= 11 is 0. The molecule has 0 saturated heterocycles. The fraction of sp³-hybridized carbons (Fsp3) is 1.00. The van der Waals surface area contributed by atoms with E-state index < -0.39 is 17.6 Å². The molecular formula is C13H32O5Si2. The zero-order valence-corrected chi connectivity index (χ0v) is 16.4. The van der Waals surface area contributed by atoms with E-state index in [1.807, 2.05) is 34.2 Å². The van der Waals surface area contributed by atoms with Crippen molar-refractivity contribution < 1.29 is 21.8 Å². The van der Waals surface area contributed by atoms with Crippen LogP contribution in [0.4, 0.5) is 0 Å². The predicted molar refractivity (Wildman–Crippen MR) is 84.7 cm³/mol. The van der Waals surface area contributed by atoms with Crippen molar-refractivity contribution in [3.8, 4) is 0 Å². The van der Waals surface area contributed by atoms with Gasteiger partial charge in [0, 0.05) is 38.0 Å². The van der Waals surface area contributed by atoms with E-state index in [0.29, 0.717) is 26.4 Å². The van der Waals surface area contributed by atoms with E-state index in [0.717, 1.165) is 0 Å². The van der Waals surface area contributed by atoms with Gasteiger partial charge in [-0.2, -0.15) is 0 Å². The maximum Gasteiger partial charge on any atom is 0.499 e. The van der Waals surface area contributed by atoms with Gasteiger partial charge in [-0.05, 0) is 27.7 Å². The molecular weight excluding hydrogens is 292 g/mol. The quantitative estimate of drug-likeness (QED) is 0.576. The molecule has 0 heterocycles. The lowest BCUT2D eigenvalue weighted by Gasteiger charge is -2.42. The molecule has 122 valence electrons. The standard InChI is InChI=1S/C13H32O5Si2/c1-9-14-19(8,15-10-2)18-20(16-11-3,17-12-4)13(5,6)7/h9-12H2,1-8H3. The second kappa shape index (κ2) is 8.62. The summed E-state index contributed by atoms with van der Waals surface area (Å²) in [6, 6.07) is 0. The fourth-order valence-corrected chi connectivity index (χ4v) is 8.90. The molecule has 0 amide bonds. The first-order valence-corrected chi connectivity index (χ1v) is 11.4. The molecule has 7 heteroatoms. The summed E-state index contributed by atoms with van der Waals surface area (Å²) in [7, 11) is -5.65. The smallest absolute Gasteiger partial charge is 0.374 e. The lowest BCUT2D eigenvalue weighted by Crippen LogP contribution is -2.61. The van der Waals surface area contributed by atoms with Crippen molar-refractivity contribution in [2.45, 2.75) is 60.1 Å². The minimum Gasteiger partial charge on any atom is -0.374 e. The summed E-state index contributed by atoms with van der Waals surface area (Å²) in [5, 5.41) is -0.235. The molecule has 5 nitrogen and oxygen atoms in total. The van der Waals surface area contributed by atoms with Gasteiger partial charge in [0.25, 0.3) is 0 Å². The molecule has 0 fully saturated rings. The minimum atomic E-state index is -2.90. The van der Waals surface area contributed by atoms with Gasteiger partial charge in [-0.3, -0.25) is 0 Å². The largest absolute Gasteiger partial charge is 0.499 e. The summed E-state index contributed by atoms with van der Waals surface area (Å²) in [5.74, 6) is 0. The maximum atomic E-state index is 6.34. The van der Waals surface area contributed by atoms with Crippen LogP contribution < -0.4 is 0 Å². The van der Waals surface area contributed by atoms with E-state index in [9.17, 15) is 0 Å². The molecule has 0 rings (SSSR count). The van der Waals surface area contributed by atoms with Crippen LogP contribution in [-0.4, -0.2) is 44.0 Å². The van der Waals surface area contributed by atoms with Gasteiger partial charge in [0.1, 0.15) is 0 Å². The Hall–Kier alpha value is 0.234. The van der Waals surface area contributed by atoms with Crippen LogP contribution in [-0.2, 0) is 21.8 Å². The van der Waals surface area contributed by atoms with Gasteiger partial charge < -0.3 is 21.8 Å². The highest BCUT2D eigenvalue weighted by Gasteiger charge is 2.58. The third-order valence-corrected chi connectivity index (χ3v) is 10.1. The third-order valence-electron chi connectivity index (χ3n) is 2.72. The molecule has 0 aliphatic rings. The van der Waals surface area contributed by atoms with Crippen molar-refractivity contribution in [2.75, 3.05) is 26.4 Å². The van der Waals surface area contributed by atoms with Crippen LogP contribution in [0.3, 0.4) is 0 Å². The molecule has 0 aliphatic heterocycles. The Morgan fingerprint density at radius 2 is 1.05 bits per heavy atom.